The van der Waals surface area contributed by atoms with E-state index in [1.807, 2.05) is 0 Å². The van der Waals surface area contributed by atoms with Crippen molar-refractivity contribution in [2.75, 3.05) is 26.1 Å². The number of methoxy groups -OCH3 is 1. The second-order valence-corrected chi connectivity index (χ2v) is 5.30. The lowest BCUT2D eigenvalue weighted by Gasteiger charge is -2.24. The summed E-state index contributed by atoms with van der Waals surface area (Å²) in [5.74, 6) is -0.278. The number of aliphatic hydroxyl groups is 1. The number of nitrogens with one attached hydrogen (secondary N) is 1. The summed E-state index contributed by atoms with van der Waals surface area (Å²) in [6, 6.07) is 0. The van der Waals surface area contributed by atoms with E-state index in [4.69, 9.17) is 9.84 Å². The lowest BCUT2D eigenvalue weighted by atomic mass is 10.1. The molecule has 0 aliphatic carbocycles. The van der Waals surface area contributed by atoms with Gasteiger partial charge in [0.15, 0.2) is 0 Å². The molecule has 0 bridgehead atoms. The lowest BCUT2D eigenvalue weighted by molar-refractivity contribution is 0.141. The fourth-order valence-electron chi connectivity index (χ4n) is 0.982. The van der Waals surface area contributed by atoms with Crippen molar-refractivity contribution in [1.82, 2.24) is 4.72 Å². The molecule has 0 saturated heterocycles. The van der Waals surface area contributed by atoms with Gasteiger partial charge in [-0.2, -0.15) is 0 Å². The number of hydrogen-bond acceptors (Lipinski definition) is 4. The summed E-state index contributed by atoms with van der Waals surface area (Å²) in [7, 11) is -1.89. The van der Waals surface area contributed by atoms with Crippen molar-refractivity contribution in [3.8, 4) is 0 Å². The summed E-state index contributed by atoms with van der Waals surface area (Å²) in [6.45, 7) is 3.34. The van der Waals surface area contributed by atoms with E-state index >= 15 is 0 Å². The molecule has 0 aromatic carbocycles. The smallest absolute Gasteiger partial charge is 0.214 e. The van der Waals surface area contributed by atoms with Crippen molar-refractivity contribution >= 4 is 10.0 Å². The molecule has 5 nitrogen and oxygen atoms in total. The van der Waals surface area contributed by atoms with Crippen LogP contribution in [0, 0.1) is 0 Å². The van der Waals surface area contributed by atoms with Crippen LogP contribution in [0.5, 0.6) is 0 Å². The van der Waals surface area contributed by atoms with Gasteiger partial charge in [0.1, 0.15) is 0 Å². The van der Waals surface area contributed by atoms with Crippen LogP contribution in [-0.2, 0) is 14.8 Å². The molecule has 0 rings (SSSR count). The van der Waals surface area contributed by atoms with Gasteiger partial charge in [-0.05, 0) is 13.8 Å². The molecule has 0 atom stereocenters. The van der Waals surface area contributed by atoms with Crippen molar-refractivity contribution in [1.29, 1.82) is 0 Å². The van der Waals surface area contributed by atoms with Gasteiger partial charge in [0.25, 0.3) is 0 Å². The molecule has 0 aromatic rings. The second-order valence-electron chi connectivity index (χ2n) is 3.46. The summed E-state index contributed by atoms with van der Waals surface area (Å²) in [4.78, 5) is 0. The summed E-state index contributed by atoms with van der Waals surface area (Å²) < 4.78 is 29.7. The SMILES string of the molecule is COCC(C)(C)NS(=O)(=O)CCO. The van der Waals surface area contributed by atoms with Gasteiger partial charge in [0.2, 0.25) is 10.0 Å². The van der Waals surface area contributed by atoms with Crippen LogP contribution in [-0.4, -0.2) is 45.1 Å². The first kappa shape index (κ1) is 12.8. The van der Waals surface area contributed by atoms with E-state index in [0.717, 1.165) is 0 Å². The van der Waals surface area contributed by atoms with Gasteiger partial charge in [0, 0.05) is 7.11 Å². The van der Waals surface area contributed by atoms with E-state index < -0.39 is 15.6 Å². The van der Waals surface area contributed by atoms with Crippen molar-refractivity contribution < 1.29 is 18.3 Å². The van der Waals surface area contributed by atoms with Crippen LogP contribution in [0.15, 0.2) is 0 Å². The number of aliphatic hydroxyl groups excluding tert-OH is 1. The molecule has 13 heavy (non-hydrogen) atoms. The summed E-state index contributed by atoms with van der Waals surface area (Å²) in [6.07, 6.45) is 0. The maximum absolute atomic E-state index is 11.2. The molecule has 0 heterocycles. The summed E-state index contributed by atoms with van der Waals surface area (Å²) in [5, 5.41) is 8.48. The molecule has 2 N–H and O–H groups in total. The van der Waals surface area contributed by atoms with Gasteiger partial charge in [-0.1, -0.05) is 0 Å². The van der Waals surface area contributed by atoms with Crippen LogP contribution in [0.2, 0.25) is 0 Å². The third kappa shape index (κ3) is 5.98. The largest absolute Gasteiger partial charge is 0.395 e. The van der Waals surface area contributed by atoms with E-state index in [9.17, 15) is 8.42 Å². The third-order valence-electron chi connectivity index (χ3n) is 1.30. The predicted molar refractivity (Wildman–Crippen MR) is 50.0 cm³/mol. The standard InChI is InChI=1S/C7H17NO4S/c1-7(2,6-12-3)8-13(10,11)5-4-9/h8-9H,4-6H2,1-3H3. The zero-order chi connectivity index (χ0) is 10.5. The average molecular weight is 211 g/mol. The Hall–Kier alpha value is -0.170. The molecule has 0 aliphatic heterocycles. The van der Waals surface area contributed by atoms with E-state index in [-0.39, 0.29) is 19.0 Å². The van der Waals surface area contributed by atoms with E-state index in [2.05, 4.69) is 4.72 Å². The van der Waals surface area contributed by atoms with Crippen LogP contribution in [0.25, 0.3) is 0 Å². The maximum Gasteiger partial charge on any atom is 0.214 e. The van der Waals surface area contributed by atoms with Crippen LogP contribution in [0.1, 0.15) is 13.8 Å². The first-order valence-corrected chi connectivity index (χ1v) is 5.60. The predicted octanol–water partition coefficient (Wildman–Crippen LogP) is -0.677. The minimum atomic E-state index is -3.39. The lowest BCUT2D eigenvalue weighted by Crippen LogP contribution is -2.47. The fourth-order valence-corrected chi connectivity index (χ4v) is 2.23. The molecule has 0 unspecified atom stereocenters. The minimum Gasteiger partial charge on any atom is -0.395 e. The molecule has 0 radical (unpaired) electrons. The van der Waals surface area contributed by atoms with Gasteiger partial charge < -0.3 is 9.84 Å². The highest BCUT2D eigenvalue weighted by molar-refractivity contribution is 7.89. The number of hydrogen-bond donors (Lipinski definition) is 2. The minimum absolute atomic E-state index is 0.278. The molecule has 0 aliphatic rings. The highest BCUT2D eigenvalue weighted by atomic mass is 32.2. The average Bonchev–Trinajstić information content (AvgIpc) is 1.82. The van der Waals surface area contributed by atoms with Gasteiger partial charge >= 0.3 is 0 Å². The van der Waals surface area contributed by atoms with Crippen molar-refractivity contribution in [2.45, 2.75) is 19.4 Å². The number of rotatable bonds is 6. The zero-order valence-electron chi connectivity index (χ0n) is 8.20. The highest BCUT2D eigenvalue weighted by Crippen LogP contribution is 2.04. The molecular formula is C7H17NO4S. The molecule has 0 fully saturated rings. The van der Waals surface area contributed by atoms with Crippen molar-refractivity contribution in [2.24, 2.45) is 0 Å². The number of ether oxygens (including phenoxy) is 1. The van der Waals surface area contributed by atoms with Gasteiger partial charge in [0.05, 0.1) is 24.5 Å². The Morgan fingerprint density at radius 2 is 2.00 bits per heavy atom. The molecular weight excluding hydrogens is 194 g/mol. The molecule has 6 heteroatoms. The Morgan fingerprint density at radius 1 is 1.46 bits per heavy atom. The second kappa shape index (κ2) is 4.90. The molecule has 80 valence electrons. The third-order valence-corrected chi connectivity index (χ3v) is 2.88. The van der Waals surface area contributed by atoms with Crippen LogP contribution in [0.4, 0.5) is 0 Å². The van der Waals surface area contributed by atoms with E-state index in [1.54, 1.807) is 13.8 Å². The molecule has 0 saturated carbocycles. The first-order chi connectivity index (χ1) is 5.83. The van der Waals surface area contributed by atoms with Gasteiger partial charge in [-0.3, -0.25) is 0 Å². The Labute approximate surface area is 79.1 Å². The normalized spacial score (nSPS) is 13.2. The molecule has 0 aromatic heterocycles. The molecule has 0 amide bonds. The topological polar surface area (TPSA) is 75.6 Å². The summed E-state index contributed by atoms with van der Waals surface area (Å²) >= 11 is 0. The summed E-state index contributed by atoms with van der Waals surface area (Å²) in [5.41, 5.74) is -0.636. The van der Waals surface area contributed by atoms with Crippen LogP contribution >= 0.6 is 0 Å². The van der Waals surface area contributed by atoms with E-state index in [0.29, 0.717) is 0 Å². The van der Waals surface area contributed by atoms with Crippen LogP contribution in [0.3, 0.4) is 0 Å². The van der Waals surface area contributed by atoms with Gasteiger partial charge in [-0.25, -0.2) is 13.1 Å². The Kier molecular flexibility index (Phi) is 4.83. The van der Waals surface area contributed by atoms with Crippen LogP contribution < -0.4 is 4.72 Å². The Balaban J connectivity index is 4.25. The Morgan fingerprint density at radius 3 is 2.38 bits per heavy atom. The maximum atomic E-state index is 11.2. The van der Waals surface area contributed by atoms with E-state index in [1.165, 1.54) is 7.11 Å². The van der Waals surface area contributed by atoms with Crippen molar-refractivity contribution in [3.05, 3.63) is 0 Å². The zero-order valence-corrected chi connectivity index (χ0v) is 9.02. The quantitative estimate of drug-likeness (QED) is 0.610. The fraction of sp³-hybridized carbons (Fsp3) is 1.00. The highest BCUT2D eigenvalue weighted by Gasteiger charge is 2.23. The molecule has 0 spiro atoms. The van der Waals surface area contributed by atoms with Gasteiger partial charge in [-0.15, -0.1) is 0 Å². The Bertz CT molecular complexity index is 235. The number of sulfonamides is 1. The van der Waals surface area contributed by atoms with Crippen molar-refractivity contribution in [3.63, 3.8) is 0 Å². The first-order valence-electron chi connectivity index (χ1n) is 3.94. The monoisotopic (exact) mass is 211 g/mol.